The summed E-state index contributed by atoms with van der Waals surface area (Å²) in [4.78, 5) is 74.3. The number of methoxy groups -OCH3 is 2. The van der Waals surface area contributed by atoms with Crippen LogP contribution in [0.5, 0.6) is 0 Å². The van der Waals surface area contributed by atoms with E-state index >= 15 is 8.78 Å². The maximum atomic E-state index is 16.7. The molecule has 0 saturated carbocycles. The average molecular weight is 926 g/mol. The number of H-pyrrole nitrogens is 2. The number of ether oxygens (including phenoxy) is 2. The minimum atomic E-state index is -0.791. The first-order chi connectivity index (χ1) is 31.9. The van der Waals surface area contributed by atoms with E-state index < -0.39 is 60.1 Å². The van der Waals surface area contributed by atoms with Gasteiger partial charge in [0.2, 0.25) is 11.8 Å². The van der Waals surface area contributed by atoms with Gasteiger partial charge in [-0.3, -0.25) is 9.59 Å². The fourth-order valence-electron chi connectivity index (χ4n) is 10.6. The molecule has 0 radical (unpaired) electrons. The molecular formula is C50H65F2N9O6. The molecule has 67 heavy (non-hydrogen) atoms. The average Bonchev–Trinajstić information content (AvgIpc) is 4.15. The maximum Gasteiger partial charge on any atom is 0.407 e. The number of fused-ring (bicyclic) bond motifs is 2. The number of aromatic amines is 2. The van der Waals surface area contributed by atoms with Crippen molar-refractivity contribution in [3.8, 4) is 0 Å². The Morgan fingerprint density at radius 3 is 1.49 bits per heavy atom. The number of allylic oxidation sites excluding steroid dienone is 4. The number of likely N-dealkylation sites (tertiary alicyclic amines) is 3. The zero-order valence-electron chi connectivity index (χ0n) is 40.1. The Morgan fingerprint density at radius 2 is 1.12 bits per heavy atom. The summed E-state index contributed by atoms with van der Waals surface area (Å²) in [6.07, 6.45) is 8.32. The van der Waals surface area contributed by atoms with E-state index in [4.69, 9.17) is 19.4 Å². The van der Waals surface area contributed by atoms with E-state index in [2.05, 4.69) is 58.4 Å². The van der Waals surface area contributed by atoms with Crippen LogP contribution >= 0.6 is 0 Å². The molecule has 4 aromatic rings. The predicted octanol–water partition coefficient (Wildman–Crippen LogP) is 9.33. The van der Waals surface area contributed by atoms with Crippen molar-refractivity contribution in [1.82, 2.24) is 45.3 Å². The van der Waals surface area contributed by atoms with Crippen LogP contribution in [0.15, 0.2) is 47.7 Å². The largest absolute Gasteiger partial charge is 0.453 e. The van der Waals surface area contributed by atoms with Crippen molar-refractivity contribution in [3.05, 3.63) is 82.1 Å². The van der Waals surface area contributed by atoms with Gasteiger partial charge in [0.15, 0.2) is 0 Å². The number of aromatic nitrogens is 4. The molecule has 0 spiro atoms. The minimum Gasteiger partial charge on any atom is -0.453 e. The maximum absolute atomic E-state index is 16.7. The van der Waals surface area contributed by atoms with Crippen molar-refractivity contribution in [2.75, 3.05) is 27.3 Å². The molecule has 360 valence electrons. The highest BCUT2D eigenvalue weighted by Gasteiger charge is 2.42. The third-order valence-electron chi connectivity index (χ3n) is 14.2. The molecule has 5 heterocycles. The highest BCUT2D eigenvalue weighted by molar-refractivity contribution is 5.87. The van der Waals surface area contributed by atoms with Crippen LogP contribution < -0.4 is 10.6 Å². The Hall–Kier alpha value is -6.00. The van der Waals surface area contributed by atoms with Gasteiger partial charge in [-0.15, -0.1) is 0 Å². The number of nitrogens with one attached hydrogen (secondary N) is 4. The molecule has 6 atom stereocenters. The molecule has 4 N–H and O–H groups in total. The van der Waals surface area contributed by atoms with Crippen LogP contribution in [0, 0.1) is 28.9 Å². The van der Waals surface area contributed by atoms with E-state index in [9.17, 15) is 19.2 Å². The number of nitrogens with zero attached hydrogens (tertiary/aromatic N) is 5. The van der Waals surface area contributed by atoms with E-state index in [-0.39, 0.29) is 29.1 Å². The molecule has 2 aromatic carbocycles. The van der Waals surface area contributed by atoms with Gasteiger partial charge in [0.05, 0.1) is 60.5 Å². The number of hydrogen-bond acceptors (Lipinski definition) is 9. The molecule has 2 aromatic heterocycles. The number of amides is 4. The standard InChI is InChI=1S/C50H65F2N9O6/c1-26(2)42(57-48(64)66-8)46(62)59-20-10-12-40(59)44-53-34-22-30(32(51)24-36(34)55-44)38-18-19-39(61(38)29-16-14-28(15-17-29)50(5,6)7)31-23-35-37(25-33(31)52)56-45(54-35)41-13-11-21-60(41)47(63)43(27(3)4)58-49(65)67-9/h14,16,22-27,38-43H,10-13,15,17-21H2,1-9H3,(H,53,55)(H,54,56)(H,57,64)(H,58,65)/t38-,39+,40-,41-,42-,43-/m0/s1. The number of carbonyl (C=O) groups excluding carboxylic acids is 4. The Labute approximate surface area is 390 Å². The molecule has 4 amide bonds. The molecule has 0 unspecified atom stereocenters. The molecule has 17 heteroatoms. The lowest BCUT2D eigenvalue weighted by Gasteiger charge is -2.37. The Balaban J connectivity index is 1.12. The first-order valence-electron chi connectivity index (χ1n) is 23.7. The van der Waals surface area contributed by atoms with E-state index in [1.165, 1.54) is 31.9 Å². The Morgan fingerprint density at radius 1 is 0.672 bits per heavy atom. The fourth-order valence-corrected chi connectivity index (χ4v) is 10.6. The first kappa shape index (κ1) is 47.5. The topological polar surface area (TPSA) is 178 Å². The fraction of sp³-hybridized carbons (Fsp3) is 0.560. The summed E-state index contributed by atoms with van der Waals surface area (Å²) in [6, 6.07) is 3.29. The second kappa shape index (κ2) is 18.9. The van der Waals surface area contributed by atoms with Gasteiger partial charge in [0.25, 0.3) is 0 Å². The molecular weight excluding hydrogens is 861 g/mol. The Bertz CT molecular complexity index is 2460. The summed E-state index contributed by atoms with van der Waals surface area (Å²) in [6.45, 7) is 15.0. The highest BCUT2D eigenvalue weighted by Crippen LogP contribution is 2.51. The van der Waals surface area contributed by atoms with E-state index in [1.54, 1.807) is 9.80 Å². The van der Waals surface area contributed by atoms with Gasteiger partial charge >= 0.3 is 12.2 Å². The van der Waals surface area contributed by atoms with Crippen molar-refractivity contribution in [3.63, 3.8) is 0 Å². The van der Waals surface area contributed by atoms with Gasteiger partial charge in [0.1, 0.15) is 35.4 Å². The van der Waals surface area contributed by atoms with Crippen molar-refractivity contribution in [2.45, 2.75) is 136 Å². The second-order valence-corrected chi connectivity index (χ2v) is 20.2. The summed E-state index contributed by atoms with van der Waals surface area (Å²) >= 11 is 0. The van der Waals surface area contributed by atoms with Crippen molar-refractivity contribution in [1.29, 1.82) is 0 Å². The normalized spacial score (nSPS) is 22.1. The summed E-state index contributed by atoms with van der Waals surface area (Å²) < 4.78 is 43.1. The predicted molar refractivity (Wildman–Crippen MR) is 249 cm³/mol. The van der Waals surface area contributed by atoms with Gasteiger partial charge < -0.3 is 44.8 Å². The SMILES string of the molecule is COC(=O)N[C@H](C(=O)N1CCC[C@H]1c1nc2cc(F)c([C@H]3CC[C@@H](c4cc5[nH]c([C@@H]6CCCN6C(=O)[C@@H](NC(=O)OC)C(C)C)nc5cc4F)N3C3=CC=C(C(C)(C)C)CC3)cc2[nH]1)C(C)C. The molecule has 4 aliphatic rings. The number of hydrogen-bond donors (Lipinski definition) is 4. The van der Waals surface area contributed by atoms with Crippen molar-refractivity contribution in [2.24, 2.45) is 17.3 Å². The third kappa shape index (κ3) is 9.34. The highest BCUT2D eigenvalue weighted by atomic mass is 19.1. The van der Waals surface area contributed by atoms with E-state index in [0.717, 1.165) is 25.0 Å². The minimum absolute atomic E-state index is 0.0308. The quantitative estimate of drug-likeness (QED) is 0.114. The first-order valence-corrected chi connectivity index (χ1v) is 23.7. The zero-order chi connectivity index (χ0) is 48.1. The summed E-state index contributed by atoms with van der Waals surface area (Å²) in [7, 11) is 2.52. The van der Waals surface area contributed by atoms with Crippen molar-refractivity contribution >= 4 is 46.1 Å². The number of halogens is 2. The van der Waals surface area contributed by atoms with E-state index in [0.29, 0.717) is 90.0 Å². The molecule has 3 saturated heterocycles. The third-order valence-corrected chi connectivity index (χ3v) is 14.2. The van der Waals surface area contributed by atoms with Crippen LogP contribution in [0.25, 0.3) is 22.1 Å². The number of carbonyl (C=O) groups is 4. The van der Waals surface area contributed by atoms with Gasteiger partial charge in [0, 0.05) is 42.0 Å². The summed E-state index contributed by atoms with van der Waals surface area (Å²) in [5.41, 5.74) is 5.35. The molecule has 1 aliphatic carbocycles. The molecule has 0 bridgehead atoms. The second-order valence-electron chi connectivity index (χ2n) is 20.2. The van der Waals surface area contributed by atoms with Gasteiger partial charge in [-0.25, -0.2) is 28.3 Å². The van der Waals surface area contributed by atoms with Crippen LogP contribution in [0.4, 0.5) is 18.4 Å². The molecule has 3 fully saturated rings. The van der Waals surface area contributed by atoms with Crippen LogP contribution in [-0.4, -0.2) is 98.0 Å². The number of imidazole rings is 2. The van der Waals surface area contributed by atoms with Crippen LogP contribution in [0.2, 0.25) is 0 Å². The Kier molecular flexibility index (Phi) is 13.4. The van der Waals surface area contributed by atoms with Gasteiger partial charge in [-0.05, 0) is 86.8 Å². The molecule has 3 aliphatic heterocycles. The van der Waals surface area contributed by atoms with Crippen LogP contribution in [-0.2, 0) is 19.1 Å². The lowest BCUT2D eigenvalue weighted by Crippen LogP contribution is -2.51. The number of benzene rings is 2. The zero-order valence-corrected chi connectivity index (χ0v) is 40.1. The molecule has 15 nitrogen and oxygen atoms in total. The number of rotatable bonds is 11. The van der Waals surface area contributed by atoms with Crippen LogP contribution in [0.1, 0.15) is 147 Å². The monoisotopic (exact) mass is 926 g/mol. The van der Waals surface area contributed by atoms with Crippen LogP contribution in [0.3, 0.4) is 0 Å². The molecule has 8 rings (SSSR count). The van der Waals surface area contributed by atoms with Gasteiger partial charge in [-0.2, -0.15) is 0 Å². The smallest absolute Gasteiger partial charge is 0.407 e. The summed E-state index contributed by atoms with van der Waals surface area (Å²) in [5, 5.41) is 5.37. The van der Waals surface area contributed by atoms with Crippen molar-refractivity contribution < 1.29 is 37.4 Å². The lowest BCUT2D eigenvalue weighted by atomic mass is 9.81. The van der Waals surface area contributed by atoms with Gasteiger partial charge in [-0.1, -0.05) is 60.1 Å². The lowest BCUT2D eigenvalue weighted by molar-refractivity contribution is -0.136. The van der Waals surface area contributed by atoms with E-state index in [1.807, 2.05) is 39.8 Å². The summed E-state index contributed by atoms with van der Waals surface area (Å²) in [5.74, 6) is -0.594. The number of alkyl carbamates (subject to hydrolysis) is 2.